The van der Waals surface area contributed by atoms with Crippen LogP contribution in [0.5, 0.6) is 0 Å². The fourth-order valence-corrected chi connectivity index (χ4v) is 3.35. The topological polar surface area (TPSA) is 93.0 Å². The smallest absolute Gasteiger partial charge is 0.340 e. The zero-order valence-corrected chi connectivity index (χ0v) is 16.7. The highest BCUT2D eigenvalue weighted by molar-refractivity contribution is 6.33. The summed E-state index contributed by atoms with van der Waals surface area (Å²) < 4.78 is 5.02. The summed E-state index contributed by atoms with van der Waals surface area (Å²) in [6.07, 6.45) is 0. The first kappa shape index (κ1) is 20.9. The Hall–Kier alpha value is -2.84. The van der Waals surface area contributed by atoms with Gasteiger partial charge in [0.05, 0.1) is 15.5 Å². The van der Waals surface area contributed by atoms with Crippen LogP contribution in [-0.2, 0) is 9.53 Å². The number of halogens is 2. The minimum absolute atomic E-state index is 0.0168. The van der Waals surface area contributed by atoms with Crippen molar-refractivity contribution >= 4 is 46.5 Å². The number of piperazine rings is 1. The normalized spacial score (nSPS) is 13.9. The second-order valence-corrected chi connectivity index (χ2v) is 7.19. The van der Waals surface area contributed by atoms with Crippen molar-refractivity contribution in [2.75, 3.05) is 37.7 Å². The van der Waals surface area contributed by atoms with E-state index in [0.29, 0.717) is 31.2 Å². The van der Waals surface area contributed by atoms with Crippen LogP contribution in [0.25, 0.3) is 0 Å². The van der Waals surface area contributed by atoms with Gasteiger partial charge < -0.3 is 14.5 Å². The van der Waals surface area contributed by atoms with Gasteiger partial charge in [0, 0.05) is 49.0 Å². The molecule has 0 bridgehead atoms. The van der Waals surface area contributed by atoms with Gasteiger partial charge in [-0.05, 0) is 24.3 Å². The first-order chi connectivity index (χ1) is 13.8. The van der Waals surface area contributed by atoms with E-state index in [0.717, 1.165) is 11.8 Å². The Morgan fingerprint density at radius 2 is 1.79 bits per heavy atom. The van der Waals surface area contributed by atoms with Crippen LogP contribution in [0.2, 0.25) is 10.0 Å². The van der Waals surface area contributed by atoms with Gasteiger partial charge >= 0.3 is 5.97 Å². The maximum absolute atomic E-state index is 12.4. The van der Waals surface area contributed by atoms with Crippen molar-refractivity contribution in [2.45, 2.75) is 0 Å². The Morgan fingerprint density at radius 1 is 1.07 bits per heavy atom. The van der Waals surface area contributed by atoms with Crippen molar-refractivity contribution in [3.63, 3.8) is 0 Å². The summed E-state index contributed by atoms with van der Waals surface area (Å²) in [6, 6.07) is 10.9. The number of hydrogen-bond acceptors (Lipinski definition) is 6. The highest BCUT2D eigenvalue weighted by Gasteiger charge is 2.23. The first-order valence-corrected chi connectivity index (χ1v) is 9.50. The molecule has 1 heterocycles. The average molecular weight is 438 g/mol. The molecule has 1 fully saturated rings. The Bertz CT molecular complexity index is 945. The summed E-state index contributed by atoms with van der Waals surface area (Å²) in [5.41, 5.74) is 0.542. The van der Waals surface area contributed by atoms with E-state index in [1.165, 1.54) is 12.1 Å². The fourth-order valence-electron chi connectivity index (χ4n) is 2.97. The summed E-state index contributed by atoms with van der Waals surface area (Å²) in [7, 11) is 0. The van der Waals surface area contributed by atoms with E-state index in [2.05, 4.69) is 4.90 Å². The number of esters is 1. The number of nitro groups is 1. The zero-order chi connectivity index (χ0) is 21.0. The highest BCUT2D eigenvalue weighted by Crippen LogP contribution is 2.23. The van der Waals surface area contributed by atoms with E-state index in [1.54, 1.807) is 11.0 Å². The molecule has 0 radical (unpaired) electrons. The summed E-state index contributed by atoms with van der Waals surface area (Å²) in [6.45, 7) is 1.73. The molecule has 0 N–H and O–H groups in total. The molecule has 0 aliphatic carbocycles. The lowest BCUT2D eigenvalue weighted by atomic mass is 10.2. The Kier molecular flexibility index (Phi) is 6.56. The molecule has 152 valence electrons. The number of carbonyl (C=O) groups is 2. The van der Waals surface area contributed by atoms with Crippen molar-refractivity contribution in [1.29, 1.82) is 0 Å². The van der Waals surface area contributed by atoms with Crippen LogP contribution in [0.15, 0.2) is 42.5 Å². The van der Waals surface area contributed by atoms with E-state index in [9.17, 15) is 19.7 Å². The molecule has 0 aromatic heterocycles. The van der Waals surface area contributed by atoms with Crippen LogP contribution >= 0.6 is 23.2 Å². The lowest BCUT2D eigenvalue weighted by Crippen LogP contribution is -2.49. The van der Waals surface area contributed by atoms with Crippen LogP contribution in [0.3, 0.4) is 0 Å². The molecule has 0 spiro atoms. The van der Waals surface area contributed by atoms with Gasteiger partial charge in [-0.15, -0.1) is 0 Å². The SMILES string of the molecule is O=C(OCC(=O)N1CCN(c2cccc(Cl)c2)CC1)c1cc([N+](=O)[O-])ccc1Cl. The fraction of sp³-hybridized carbons (Fsp3) is 0.263. The maximum atomic E-state index is 12.4. The van der Waals surface area contributed by atoms with Crippen LogP contribution in [0.1, 0.15) is 10.4 Å². The summed E-state index contributed by atoms with van der Waals surface area (Å²) >= 11 is 11.9. The zero-order valence-electron chi connectivity index (χ0n) is 15.2. The van der Waals surface area contributed by atoms with Crippen molar-refractivity contribution in [2.24, 2.45) is 0 Å². The highest BCUT2D eigenvalue weighted by atomic mass is 35.5. The average Bonchev–Trinajstić information content (AvgIpc) is 2.72. The molecule has 8 nitrogen and oxygen atoms in total. The predicted octanol–water partition coefficient (Wildman–Crippen LogP) is 3.41. The van der Waals surface area contributed by atoms with Crippen molar-refractivity contribution in [3.05, 3.63) is 68.2 Å². The first-order valence-electron chi connectivity index (χ1n) is 8.74. The van der Waals surface area contributed by atoms with E-state index in [4.69, 9.17) is 27.9 Å². The molecule has 3 rings (SSSR count). The van der Waals surface area contributed by atoms with Crippen molar-refractivity contribution < 1.29 is 19.2 Å². The van der Waals surface area contributed by atoms with Crippen LogP contribution < -0.4 is 4.90 Å². The number of benzene rings is 2. The number of carbonyl (C=O) groups excluding carboxylic acids is 2. The number of nitrogens with zero attached hydrogens (tertiary/aromatic N) is 3. The molecule has 0 unspecified atom stereocenters. The van der Waals surface area contributed by atoms with Gasteiger partial charge in [0.2, 0.25) is 0 Å². The molecule has 1 amide bonds. The molecule has 0 atom stereocenters. The van der Waals surface area contributed by atoms with Gasteiger partial charge in [-0.25, -0.2) is 4.79 Å². The minimum Gasteiger partial charge on any atom is -0.452 e. The van der Waals surface area contributed by atoms with Crippen LogP contribution in [-0.4, -0.2) is 54.5 Å². The van der Waals surface area contributed by atoms with E-state index in [1.807, 2.05) is 18.2 Å². The van der Waals surface area contributed by atoms with Crippen molar-refractivity contribution in [1.82, 2.24) is 4.90 Å². The van der Waals surface area contributed by atoms with Gasteiger partial charge in [-0.3, -0.25) is 14.9 Å². The Morgan fingerprint density at radius 3 is 2.45 bits per heavy atom. The molecule has 1 saturated heterocycles. The number of rotatable bonds is 5. The molecular weight excluding hydrogens is 421 g/mol. The summed E-state index contributed by atoms with van der Waals surface area (Å²) in [5, 5.41) is 11.5. The molecule has 0 saturated carbocycles. The second-order valence-electron chi connectivity index (χ2n) is 6.35. The quantitative estimate of drug-likeness (QED) is 0.404. The molecule has 29 heavy (non-hydrogen) atoms. The predicted molar refractivity (Wildman–Crippen MR) is 109 cm³/mol. The Balaban J connectivity index is 1.53. The number of non-ortho nitro benzene ring substituents is 1. The number of hydrogen-bond donors (Lipinski definition) is 0. The number of nitro benzene ring substituents is 1. The third-order valence-corrected chi connectivity index (χ3v) is 5.08. The van der Waals surface area contributed by atoms with E-state index >= 15 is 0 Å². The summed E-state index contributed by atoms with van der Waals surface area (Å²) in [5.74, 6) is -1.23. The lowest BCUT2D eigenvalue weighted by Gasteiger charge is -2.36. The number of ether oxygens (including phenoxy) is 1. The standard InChI is InChI=1S/C19H17Cl2N3O5/c20-13-2-1-3-14(10-13)22-6-8-23(9-7-22)18(25)12-29-19(26)16-11-15(24(27)28)4-5-17(16)21/h1-5,10-11H,6-9,12H2. The monoisotopic (exact) mass is 437 g/mol. The molecule has 2 aromatic rings. The third-order valence-electron chi connectivity index (χ3n) is 4.51. The van der Waals surface area contributed by atoms with Gasteiger partial charge in [0.25, 0.3) is 11.6 Å². The number of amides is 1. The second kappa shape index (κ2) is 9.11. The van der Waals surface area contributed by atoms with Gasteiger partial charge in [-0.2, -0.15) is 0 Å². The number of anilines is 1. The van der Waals surface area contributed by atoms with E-state index in [-0.39, 0.29) is 22.2 Å². The van der Waals surface area contributed by atoms with Crippen molar-refractivity contribution in [3.8, 4) is 0 Å². The molecule has 2 aromatic carbocycles. The molecule has 1 aliphatic heterocycles. The largest absolute Gasteiger partial charge is 0.452 e. The third kappa shape index (κ3) is 5.16. The van der Waals surface area contributed by atoms with Gasteiger partial charge in [0.15, 0.2) is 6.61 Å². The van der Waals surface area contributed by atoms with Gasteiger partial charge in [0.1, 0.15) is 0 Å². The maximum Gasteiger partial charge on any atom is 0.340 e. The minimum atomic E-state index is -0.885. The lowest BCUT2D eigenvalue weighted by molar-refractivity contribution is -0.384. The molecule has 1 aliphatic rings. The molecule has 10 heteroatoms. The van der Waals surface area contributed by atoms with E-state index < -0.39 is 17.5 Å². The van der Waals surface area contributed by atoms with Crippen LogP contribution in [0, 0.1) is 10.1 Å². The van der Waals surface area contributed by atoms with Gasteiger partial charge in [-0.1, -0.05) is 29.3 Å². The molecular formula is C19H17Cl2N3O5. The Labute approximate surface area is 176 Å². The summed E-state index contributed by atoms with van der Waals surface area (Å²) in [4.78, 5) is 38.5. The van der Waals surface area contributed by atoms with Crippen LogP contribution in [0.4, 0.5) is 11.4 Å².